The lowest BCUT2D eigenvalue weighted by atomic mass is 10.1. The molecule has 1 heterocycles. The van der Waals surface area contributed by atoms with Gasteiger partial charge in [-0.05, 0) is 23.8 Å². The maximum absolute atomic E-state index is 12.9. The van der Waals surface area contributed by atoms with Crippen LogP contribution < -0.4 is 5.56 Å². The summed E-state index contributed by atoms with van der Waals surface area (Å²) in [5.41, 5.74) is -1.39. The molecular weight excluding hydrogens is 287 g/mol. The highest BCUT2D eigenvalue weighted by Crippen LogP contribution is 2.28. The maximum Gasteiger partial charge on any atom is 0.431 e. The van der Waals surface area contributed by atoms with Gasteiger partial charge in [-0.15, -0.1) is 0 Å². The number of halogens is 3. The van der Waals surface area contributed by atoms with Gasteiger partial charge in [-0.3, -0.25) is 9.36 Å². The minimum absolute atomic E-state index is 0.0233. The van der Waals surface area contributed by atoms with E-state index in [0.717, 1.165) is 18.2 Å². The van der Waals surface area contributed by atoms with Crippen LogP contribution >= 0.6 is 0 Å². The lowest BCUT2D eigenvalue weighted by molar-refractivity contribution is -0.144. The van der Waals surface area contributed by atoms with Gasteiger partial charge in [0.15, 0.2) is 0 Å². The summed E-state index contributed by atoms with van der Waals surface area (Å²) in [5.74, 6) is -1.13. The molecule has 0 atom stereocenters. The van der Waals surface area contributed by atoms with Gasteiger partial charge in [-0.1, -0.05) is 18.2 Å². The summed E-state index contributed by atoms with van der Waals surface area (Å²) in [5, 5.41) is 8.76. The number of pyridine rings is 1. The zero-order chi connectivity index (χ0) is 15.6. The van der Waals surface area contributed by atoms with Gasteiger partial charge in [0.2, 0.25) is 0 Å². The Balaban J connectivity index is 2.40. The predicted octanol–water partition coefficient (Wildman–Crippen LogP) is 2.61. The fourth-order valence-corrected chi connectivity index (χ4v) is 1.87. The number of hydrogen-bond acceptors (Lipinski definition) is 2. The molecule has 0 aliphatic carbocycles. The molecule has 0 spiro atoms. The van der Waals surface area contributed by atoms with Crippen LogP contribution in [0.3, 0.4) is 0 Å². The molecule has 0 aliphatic heterocycles. The summed E-state index contributed by atoms with van der Waals surface area (Å²) in [7, 11) is 0. The second-order valence-corrected chi connectivity index (χ2v) is 4.34. The van der Waals surface area contributed by atoms with Crippen LogP contribution in [0, 0.1) is 0 Å². The summed E-state index contributed by atoms with van der Waals surface area (Å²) in [4.78, 5) is 22.3. The molecule has 0 fully saturated rings. The van der Waals surface area contributed by atoms with Crippen molar-refractivity contribution >= 4 is 5.97 Å². The molecule has 2 rings (SSSR count). The van der Waals surface area contributed by atoms with Crippen molar-refractivity contribution in [3.8, 4) is 0 Å². The normalized spacial score (nSPS) is 11.4. The smallest absolute Gasteiger partial charge is 0.431 e. The Morgan fingerprint density at radius 3 is 2.24 bits per heavy atom. The Morgan fingerprint density at radius 1 is 1.10 bits per heavy atom. The molecule has 1 aromatic heterocycles. The Labute approximate surface area is 117 Å². The fourth-order valence-electron chi connectivity index (χ4n) is 1.87. The summed E-state index contributed by atoms with van der Waals surface area (Å²) in [6.45, 7) is -0.283. The molecule has 7 heteroatoms. The highest BCUT2D eigenvalue weighted by molar-refractivity contribution is 5.87. The summed E-state index contributed by atoms with van der Waals surface area (Å²) < 4.78 is 39.2. The molecular formula is C14H10F3NO3. The van der Waals surface area contributed by atoms with E-state index in [1.165, 1.54) is 24.3 Å². The first kappa shape index (κ1) is 14.8. The molecule has 0 aliphatic rings. The quantitative estimate of drug-likeness (QED) is 0.947. The predicted molar refractivity (Wildman–Crippen MR) is 68.2 cm³/mol. The van der Waals surface area contributed by atoms with E-state index in [0.29, 0.717) is 10.1 Å². The standard InChI is InChI=1S/C14H10F3NO3/c15-14(16,17)11-2-1-3-12(19)18(11)8-9-4-6-10(7-5-9)13(20)21/h1-7H,8H2,(H,20,21). The summed E-state index contributed by atoms with van der Waals surface area (Å²) >= 11 is 0. The molecule has 21 heavy (non-hydrogen) atoms. The highest BCUT2D eigenvalue weighted by atomic mass is 19.4. The second kappa shape index (κ2) is 5.43. The molecule has 0 unspecified atom stereocenters. The van der Waals surface area contributed by atoms with E-state index in [1.807, 2.05) is 0 Å². The van der Waals surface area contributed by atoms with Crippen molar-refractivity contribution in [2.24, 2.45) is 0 Å². The average molecular weight is 297 g/mol. The third-order valence-corrected chi connectivity index (χ3v) is 2.88. The Hall–Kier alpha value is -2.57. The van der Waals surface area contributed by atoms with E-state index in [4.69, 9.17) is 5.11 Å². The van der Waals surface area contributed by atoms with Crippen LogP contribution in [0.4, 0.5) is 13.2 Å². The number of carbonyl (C=O) groups is 1. The van der Waals surface area contributed by atoms with Crippen LogP contribution in [0.25, 0.3) is 0 Å². The van der Waals surface area contributed by atoms with Gasteiger partial charge in [-0.2, -0.15) is 13.2 Å². The molecule has 4 nitrogen and oxygen atoms in total. The number of carboxylic acids is 1. The molecule has 110 valence electrons. The third kappa shape index (κ3) is 3.31. The zero-order valence-corrected chi connectivity index (χ0v) is 10.6. The number of carboxylic acid groups (broad SMARTS) is 1. The van der Waals surface area contributed by atoms with Gasteiger partial charge < -0.3 is 5.11 Å². The van der Waals surface area contributed by atoms with Gasteiger partial charge in [0.05, 0.1) is 12.1 Å². The number of benzene rings is 1. The monoisotopic (exact) mass is 297 g/mol. The first-order valence-corrected chi connectivity index (χ1v) is 5.88. The van der Waals surface area contributed by atoms with Crippen molar-refractivity contribution in [1.29, 1.82) is 0 Å². The molecule has 2 aromatic rings. The Kier molecular flexibility index (Phi) is 3.84. The molecule has 1 aromatic carbocycles. The number of nitrogens with zero attached hydrogens (tertiary/aromatic N) is 1. The third-order valence-electron chi connectivity index (χ3n) is 2.88. The van der Waals surface area contributed by atoms with Crippen molar-refractivity contribution < 1.29 is 23.1 Å². The van der Waals surface area contributed by atoms with Gasteiger partial charge >= 0.3 is 12.1 Å². The molecule has 1 N–H and O–H groups in total. The van der Waals surface area contributed by atoms with Crippen molar-refractivity contribution in [3.63, 3.8) is 0 Å². The number of rotatable bonds is 3. The van der Waals surface area contributed by atoms with Crippen LogP contribution in [0.2, 0.25) is 0 Å². The first-order chi connectivity index (χ1) is 9.79. The second-order valence-electron chi connectivity index (χ2n) is 4.34. The van der Waals surface area contributed by atoms with E-state index in [2.05, 4.69) is 0 Å². The van der Waals surface area contributed by atoms with E-state index in [9.17, 15) is 22.8 Å². The number of aromatic carboxylic acids is 1. The molecule has 0 amide bonds. The molecule has 0 radical (unpaired) electrons. The van der Waals surface area contributed by atoms with Crippen molar-refractivity contribution in [3.05, 3.63) is 69.6 Å². The van der Waals surface area contributed by atoms with E-state index in [-0.39, 0.29) is 12.1 Å². The van der Waals surface area contributed by atoms with Crippen LogP contribution in [0.15, 0.2) is 47.3 Å². The molecule has 0 saturated carbocycles. The fraction of sp³-hybridized carbons (Fsp3) is 0.143. The summed E-state index contributed by atoms with van der Waals surface area (Å²) in [6.07, 6.45) is -4.64. The highest BCUT2D eigenvalue weighted by Gasteiger charge is 2.34. The molecule has 0 bridgehead atoms. The van der Waals surface area contributed by atoms with Gasteiger partial charge in [0.25, 0.3) is 5.56 Å². The van der Waals surface area contributed by atoms with Crippen molar-refractivity contribution in [1.82, 2.24) is 4.57 Å². The number of alkyl halides is 3. The van der Waals surface area contributed by atoms with Gasteiger partial charge in [0.1, 0.15) is 5.69 Å². The molecule has 0 saturated heterocycles. The minimum Gasteiger partial charge on any atom is -0.478 e. The van der Waals surface area contributed by atoms with Gasteiger partial charge in [0, 0.05) is 6.07 Å². The minimum atomic E-state index is -4.64. The van der Waals surface area contributed by atoms with Crippen LogP contribution in [-0.2, 0) is 12.7 Å². The maximum atomic E-state index is 12.9. The largest absolute Gasteiger partial charge is 0.478 e. The average Bonchev–Trinajstić information content (AvgIpc) is 2.40. The summed E-state index contributed by atoms with van der Waals surface area (Å²) in [6, 6.07) is 8.23. The van der Waals surface area contributed by atoms with E-state index >= 15 is 0 Å². The zero-order valence-electron chi connectivity index (χ0n) is 10.6. The SMILES string of the molecule is O=C(O)c1ccc(Cn2c(C(F)(F)F)cccc2=O)cc1. The van der Waals surface area contributed by atoms with Crippen molar-refractivity contribution in [2.75, 3.05) is 0 Å². The lowest BCUT2D eigenvalue weighted by Gasteiger charge is -2.15. The lowest BCUT2D eigenvalue weighted by Crippen LogP contribution is -2.27. The van der Waals surface area contributed by atoms with E-state index < -0.39 is 23.4 Å². The van der Waals surface area contributed by atoms with Crippen molar-refractivity contribution in [2.45, 2.75) is 12.7 Å². The van der Waals surface area contributed by atoms with Crippen LogP contribution in [0.1, 0.15) is 21.6 Å². The van der Waals surface area contributed by atoms with E-state index in [1.54, 1.807) is 0 Å². The Morgan fingerprint density at radius 2 is 1.71 bits per heavy atom. The van der Waals surface area contributed by atoms with Crippen LogP contribution in [-0.4, -0.2) is 15.6 Å². The topological polar surface area (TPSA) is 59.3 Å². The number of hydrogen-bond donors (Lipinski definition) is 1. The first-order valence-electron chi connectivity index (χ1n) is 5.88. The number of aromatic nitrogens is 1. The Bertz CT molecular complexity index is 717. The van der Waals surface area contributed by atoms with Crippen LogP contribution in [0.5, 0.6) is 0 Å². The van der Waals surface area contributed by atoms with Gasteiger partial charge in [-0.25, -0.2) is 4.79 Å².